The molecule has 2 aliphatic rings. The molecule has 0 unspecified atom stereocenters. The van der Waals surface area contributed by atoms with Crippen molar-refractivity contribution in [2.45, 2.75) is 43.1 Å². The van der Waals surface area contributed by atoms with Crippen LogP contribution in [-0.2, 0) is 31.6 Å². The van der Waals surface area contributed by atoms with Crippen molar-refractivity contribution in [1.29, 1.82) is 0 Å². The maximum atomic E-state index is 12.7. The molecule has 136 valence electrons. The Bertz CT molecular complexity index is 973. The smallest absolute Gasteiger partial charge is 0.237 e. The number of sulfone groups is 1. The third-order valence-electron chi connectivity index (χ3n) is 5.75. The van der Waals surface area contributed by atoms with Crippen LogP contribution in [-0.4, -0.2) is 21.4 Å². The molecule has 2 aromatic rings. The summed E-state index contributed by atoms with van der Waals surface area (Å²) in [6, 6.07) is 13.3. The van der Waals surface area contributed by atoms with E-state index in [-0.39, 0.29) is 17.4 Å². The number of fused-ring (bicyclic) bond motifs is 2. The number of aryl methyl sites for hydroxylation is 1. The van der Waals surface area contributed by atoms with Gasteiger partial charge >= 0.3 is 0 Å². The zero-order valence-corrected chi connectivity index (χ0v) is 16.0. The third kappa shape index (κ3) is 2.75. The summed E-state index contributed by atoms with van der Waals surface area (Å²) >= 11 is 0. The molecule has 1 saturated carbocycles. The molecule has 4 nitrogen and oxygen atoms in total. The minimum absolute atomic E-state index is 0.00212. The lowest BCUT2D eigenvalue weighted by molar-refractivity contribution is -0.125. The quantitative estimate of drug-likeness (QED) is 0.829. The Labute approximate surface area is 154 Å². The van der Waals surface area contributed by atoms with E-state index in [2.05, 4.69) is 0 Å². The van der Waals surface area contributed by atoms with Gasteiger partial charge in [0.25, 0.3) is 0 Å². The largest absolute Gasteiger partial charge is 0.314 e. The van der Waals surface area contributed by atoms with Gasteiger partial charge in [-0.3, -0.25) is 4.79 Å². The van der Waals surface area contributed by atoms with Crippen molar-refractivity contribution in [2.75, 3.05) is 11.9 Å². The summed E-state index contributed by atoms with van der Waals surface area (Å²) in [6.07, 6.45) is 2.78. The molecule has 0 bridgehead atoms. The minimum Gasteiger partial charge on any atom is -0.314 e. The molecule has 0 saturated heterocycles. The topological polar surface area (TPSA) is 54.5 Å². The first kappa shape index (κ1) is 17.3. The van der Waals surface area contributed by atoms with Crippen LogP contribution in [0.2, 0.25) is 0 Å². The number of nitrogens with zero attached hydrogens (tertiary/aromatic N) is 1. The van der Waals surface area contributed by atoms with Gasteiger partial charge in [-0.25, -0.2) is 8.42 Å². The van der Waals surface area contributed by atoms with E-state index in [1.165, 1.54) is 0 Å². The Morgan fingerprint density at radius 2 is 1.62 bits per heavy atom. The molecule has 1 aliphatic heterocycles. The molecule has 26 heavy (non-hydrogen) atoms. The predicted molar refractivity (Wildman–Crippen MR) is 103 cm³/mol. The van der Waals surface area contributed by atoms with Crippen molar-refractivity contribution < 1.29 is 13.2 Å². The molecule has 1 aliphatic carbocycles. The summed E-state index contributed by atoms with van der Waals surface area (Å²) in [5, 5.41) is 0. The summed E-state index contributed by atoms with van der Waals surface area (Å²) in [7, 11) is -1.46. The third-order valence-corrected chi connectivity index (χ3v) is 7.30. The van der Waals surface area contributed by atoms with Gasteiger partial charge in [0.05, 0.1) is 16.9 Å². The second-order valence-corrected chi connectivity index (χ2v) is 9.73. The van der Waals surface area contributed by atoms with E-state index in [1.54, 1.807) is 4.90 Å². The van der Waals surface area contributed by atoms with Crippen LogP contribution in [0.25, 0.3) is 0 Å². The van der Waals surface area contributed by atoms with Gasteiger partial charge in [-0.1, -0.05) is 48.4 Å². The molecular formula is C21H23NO3S. The Morgan fingerprint density at radius 3 is 2.23 bits per heavy atom. The highest BCUT2D eigenvalue weighted by Gasteiger charge is 2.53. The van der Waals surface area contributed by atoms with Crippen LogP contribution in [0.3, 0.4) is 0 Å². The van der Waals surface area contributed by atoms with E-state index in [0.29, 0.717) is 0 Å². The normalized spacial score (nSPS) is 18.1. The Morgan fingerprint density at radius 1 is 1.00 bits per heavy atom. The van der Waals surface area contributed by atoms with Crippen LogP contribution in [0.5, 0.6) is 0 Å². The second kappa shape index (κ2) is 5.95. The Kier molecular flexibility index (Phi) is 3.95. The first-order valence-corrected chi connectivity index (χ1v) is 10.8. The zero-order chi connectivity index (χ0) is 18.5. The summed E-state index contributed by atoms with van der Waals surface area (Å²) in [4.78, 5) is 14.4. The van der Waals surface area contributed by atoms with E-state index in [4.69, 9.17) is 0 Å². The van der Waals surface area contributed by atoms with Crippen LogP contribution >= 0.6 is 0 Å². The summed E-state index contributed by atoms with van der Waals surface area (Å²) in [6.45, 7) is 1.98. The van der Waals surface area contributed by atoms with Gasteiger partial charge in [0.15, 0.2) is 9.84 Å². The lowest BCUT2D eigenvalue weighted by Crippen LogP contribution is -2.43. The molecule has 1 spiro atoms. The predicted octanol–water partition coefficient (Wildman–Crippen LogP) is 3.51. The van der Waals surface area contributed by atoms with Crippen molar-refractivity contribution >= 4 is 21.4 Å². The average Bonchev–Trinajstić information content (AvgIpc) is 2.77. The standard InChI is InChI=1S/C21H23NO3S/c1-15-4-6-16(7-5-15)13-26(24,25)14-17-8-9-19-18(12-17)21(10-3-11-21)20(23)22(19)2/h4-9,12H,3,10-11,13-14H2,1-2H3. The van der Waals surface area contributed by atoms with Crippen LogP contribution < -0.4 is 4.90 Å². The van der Waals surface area contributed by atoms with Gasteiger partial charge < -0.3 is 4.90 Å². The Hall–Kier alpha value is -2.14. The van der Waals surface area contributed by atoms with Crippen molar-refractivity contribution in [1.82, 2.24) is 0 Å². The highest BCUT2D eigenvalue weighted by molar-refractivity contribution is 7.89. The van der Waals surface area contributed by atoms with Crippen molar-refractivity contribution in [2.24, 2.45) is 0 Å². The first-order valence-electron chi connectivity index (χ1n) is 8.98. The highest BCUT2D eigenvalue weighted by Crippen LogP contribution is 2.53. The number of likely N-dealkylation sites (N-methyl/N-ethyl adjacent to an activating group) is 1. The lowest BCUT2D eigenvalue weighted by Gasteiger charge is -2.36. The number of carbonyl (C=O) groups excluding carboxylic acids is 1. The molecule has 0 radical (unpaired) electrons. The van der Waals surface area contributed by atoms with Crippen molar-refractivity contribution in [3.8, 4) is 0 Å². The maximum Gasteiger partial charge on any atom is 0.237 e. The SMILES string of the molecule is Cc1ccc(CS(=O)(=O)Cc2ccc3c(c2)C2(CCC2)C(=O)N3C)cc1. The van der Waals surface area contributed by atoms with Gasteiger partial charge in [-0.05, 0) is 42.5 Å². The molecular weight excluding hydrogens is 346 g/mol. The number of hydrogen-bond donors (Lipinski definition) is 0. The van der Waals surface area contributed by atoms with Crippen molar-refractivity contribution in [3.63, 3.8) is 0 Å². The lowest BCUT2D eigenvalue weighted by atomic mass is 9.65. The number of hydrogen-bond acceptors (Lipinski definition) is 3. The number of benzene rings is 2. The van der Waals surface area contributed by atoms with Gasteiger partial charge in [0.2, 0.25) is 5.91 Å². The van der Waals surface area contributed by atoms with Crippen LogP contribution in [0, 0.1) is 6.92 Å². The van der Waals surface area contributed by atoms with Crippen LogP contribution in [0.15, 0.2) is 42.5 Å². The van der Waals surface area contributed by atoms with Gasteiger partial charge in [0.1, 0.15) is 0 Å². The summed E-state index contributed by atoms with van der Waals surface area (Å²) < 4.78 is 25.3. The van der Waals surface area contributed by atoms with E-state index < -0.39 is 15.3 Å². The fourth-order valence-corrected chi connectivity index (χ4v) is 5.64. The van der Waals surface area contributed by atoms with E-state index in [0.717, 1.165) is 47.2 Å². The molecule has 0 N–H and O–H groups in total. The van der Waals surface area contributed by atoms with E-state index >= 15 is 0 Å². The molecule has 4 rings (SSSR count). The van der Waals surface area contributed by atoms with E-state index in [1.807, 2.05) is 56.4 Å². The number of carbonyl (C=O) groups is 1. The van der Waals surface area contributed by atoms with Gasteiger partial charge in [0, 0.05) is 12.7 Å². The second-order valence-electron chi connectivity index (χ2n) is 7.67. The summed E-state index contributed by atoms with van der Waals surface area (Å²) in [5.74, 6) is 0.189. The number of rotatable bonds is 4. The highest BCUT2D eigenvalue weighted by atomic mass is 32.2. The maximum absolute atomic E-state index is 12.7. The molecule has 2 aromatic carbocycles. The first-order chi connectivity index (χ1) is 12.3. The molecule has 1 amide bonds. The molecule has 0 aromatic heterocycles. The van der Waals surface area contributed by atoms with Gasteiger partial charge in [-0.15, -0.1) is 0 Å². The van der Waals surface area contributed by atoms with Crippen LogP contribution in [0.1, 0.15) is 41.5 Å². The fraction of sp³-hybridized carbons (Fsp3) is 0.381. The average molecular weight is 369 g/mol. The number of amides is 1. The molecule has 1 fully saturated rings. The fourth-order valence-electron chi connectivity index (χ4n) is 4.15. The molecule has 1 heterocycles. The molecule has 5 heteroatoms. The van der Waals surface area contributed by atoms with Gasteiger partial charge in [-0.2, -0.15) is 0 Å². The summed E-state index contributed by atoms with van der Waals surface area (Å²) in [5.41, 5.74) is 4.23. The monoisotopic (exact) mass is 369 g/mol. The molecule has 0 atom stereocenters. The Balaban J connectivity index is 1.60. The van der Waals surface area contributed by atoms with E-state index in [9.17, 15) is 13.2 Å². The minimum atomic E-state index is -3.27. The van der Waals surface area contributed by atoms with Crippen molar-refractivity contribution in [3.05, 3.63) is 64.7 Å². The number of anilines is 1. The zero-order valence-electron chi connectivity index (χ0n) is 15.2. The van der Waals surface area contributed by atoms with Crippen LogP contribution in [0.4, 0.5) is 5.69 Å².